The number of hydrogen-bond donors (Lipinski definition) is 0. The van der Waals surface area contributed by atoms with E-state index in [0.717, 1.165) is 30.3 Å². The van der Waals surface area contributed by atoms with E-state index in [1.54, 1.807) is 6.07 Å². The van der Waals surface area contributed by atoms with Crippen LogP contribution in [0.3, 0.4) is 0 Å². The van der Waals surface area contributed by atoms with E-state index in [2.05, 4.69) is 0 Å². The van der Waals surface area contributed by atoms with Gasteiger partial charge in [0, 0.05) is 6.42 Å². The lowest BCUT2D eigenvalue weighted by Gasteiger charge is -2.23. The molecule has 0 saturated heterocycles. The molecule has 2 heteroatoms. The summed E-state index contributed by atoms with van der Waals surface area (Å²) in [6.07, 6.45) is 7.30. The minimum absolute atomic E-state index is 0.0860. The minimum atomic E-state index is -0.0860. The molecule has 0 aromatic heterocycles. The standard InChI is InChI=1S/C16H21FO/c1-12(9-10-18)14-7-8-15(16(17)11-14)13-5-3-2-4-6-13/h7-8,10-13H,2-6,9H2,1H3. The SMILES string of the molecule is CC(CC=O)c1ccc(C2CCCCC2)c(F)c1. The summed E-state index contributed by atoms with van der Waals surface area (Å²) < 4.78 is 14.1. The Morgan fingerprint density at radius 1 is 1.33 bits per heavy atom. The molecule has 1 unspecified atom stereocenters. The average Bonchev–Trinajstić information content (AvgIpc) is 2.40. The Bertz CT molecular complexity index is 408. The second kappa shape index (κ2) is 6.12. The smallest absolute Gasteiger partial charge is 0.126 e. The number of carbonyl (C=O) groups is 1. The molecular formula is C16H21FO. The lowest BCUT2D eigenvalue weighted by molar-refractivity contribution is -0.108. The first-order valence-electron chi connectivity index (χ1n) is 6.95. The summed E-state index contributed by atoms with van der Waals surface area (Å²) in [6.45, 7) is 1.96. The monoisotopic (exact) mass is 248 g/mol. The molecule has 1 aliphatic rings. The van der Waals surface area contributed by atoms with Gasteiger partial charge in [0.1, 0.15) is 12.1 Å². The highest BCUT2D eigenvalue weighted by atomic mass is 19.1. The van der Waals surface area contributed by atoms with Crippen molar-refractivity contribution in [2.24, 2.45) is 0 Å². The van der Waals surface area contributed by atoms with Crippen LogP contribution in [0.5, 0.6) is 0 Å². The van der Waals surface area contributed by atoms with Gasteiger partial charge in [0.05, 0.1) is 0 Å². The Balaban J connectivity index is 2.16. The van der Waals surface area contributed by atoms with Gasteiger partial charge >= 0.3 is 0 Å². The number of rotatable bonds is 4. The maximum Gasteiger partial charge on any atom is 0.126 e. The number of carbonyl (C=O) groups excluding carboxylic acids is 1. The van der Waals surface area contributed by atoms with E-state index >= 15 is 0 Å². The van der Waals surface area contributed by atoms with E-state index in [0.29, 0.717) is 12.3 Å². The fourth-order valence-corrected chi connectivity index (χ4v) is 2.88. The van der Waals surface area contributed by atoms with Gasteiger partial charge in [-0.3, -0.25) is 0 Å². The molecular weight excluding hydrogens is 227 g/mol. The Morgan fingerprint density at radius 2 is 2.06 bits per heavy atom. The molecule has 1 aliphatic carbocycles. The molecule has 1 aromatic carbocycles. The summed E-state index contributed by atoms with van der Waals surface area (Å²) in [6, 6.07) is 5.54. The van der Waals surface area contributed by atoms with Crippen LogP contribution in [0, 0.1) is 5.82 Å². The van der Waals surface area contributed by atoms with Gasteiger partial charge in [-0.2, -0.15) is 0 Å². The molecule has 1 fully saturated rings. The molecule has 98 valence electrons. The van der Waals surface area contributed by atoms with E-state index in [1.165, 1.54) is 19.3 Å². The van der Waals surface area contributed by atoms with Gasteiger partial charge in [-0.25, -0.2) is 4.39 Å². The van der Waals surface area contributed by atoms with Crippen LogP contribution in [-0.2, 0) is 4.79 Å². The van der Waals surface area contributed by atoms with Crippen molar-refractivity contribution in [1.82, 2.24) is 0 Å². The van der Waals surface area contributed by atoms with Crippen molar-refractivity contribution in [1.29, 1.82) is 0 Å². The lowest BCUT2D eigenvalue weighted by Crippen LogP contribution is -2.07. The Labute approximate surface area is 108 Å². The van der Waals surface area contributed by atoms with Crippen molar-refractivity contribution < 1.29 is 9.18 Å². The van der Waals surface area contributed by atoms with Crippen LogP contribution in [0.25, 0.3) is 0 Å². The summed E-state index contributed by atoms with van der Waals surface area (Å²) >= 11 is 0. The second-order valence-corrected chi connectivity index (χ2v) is 5.42. The zero-order valence-corrected chi connectivity index (χ0v) is 11.0. The number of hydrogen-bond acceptors (Lipinski definition) is 1. The van der Waals surface area contributed by atoms with Gasteiger partial charge in [-0.1, -0.05) is 38.3 Å². The van der Waals surface area contributed by atoms with E-state index in [1.807, 2.05) is 19.1 Å². The molecule has 0 radical (unpaired) electrons. The number of benzene rings is 1. The predicted octanol–water partition coefficient (Wildman–Crippen LogP) is 4.57. The average molecular weight is 248 g/mol. The lowest BCUT2D eigenvalue weighted by atomic mass is 9.83. The van der Waals surface area contributed by atoms with Crippen LogP contribution in [-0.4, -0.2) is 6.29 Å². The fourth-order valence-electron chi connectivity index (χ4n) is 2.88. The molecule has 18 heavy (non-hydrogen) atoms. The third-order valence-corrected chi connectivity index (χ3v) is 4.09. The summed E-state index contributed by atoms with van der Waals surface area (Å²) in [5, 5.41) is 0. The molecule has 0 heterocycles. The first-order valence-corrected chi connectivity index (χ1v) is 6.95. The van der Waals surface area contributed by atoms with Gasteiger partial charge in [0.2, 0.25) is 0 Å². The molecule has 0 bridgehead atoms. The topological polar surface area (TPSA) is 17.1 Å². The highest BCUT2D eigenvalue weighted by molar-refractivity contribution is 5.51. The summed E-state index contributed by atoms with van der Waals surface area (Å²) in [5.74, 6) is 0.420. The highest BCUT2D eigenvalue weighted by Gasteiger charge is 2.19. The van der Waals surface area contributed by atoms with Crippen LogP contribution in [0.2, 0.25) is 0 Å². The number of aldehydes is 1. The van der Waals surface area contributed by atoms with Crippen LogP contribution >= 0.6 is 0 Å². The highest BCUT2D eigenvalue weighted by Crippen LogP contribution is 2.34. The van der Waals surface area contributed by atoms with Crippen molar-refractivity contribution in [2.45, 2.75) is 57.3 Å². The quantitative estimate of drug-likeness (QED) is 0.713. The molecule has 1 aromatic rings. The molecule has 1 nitrogen and oxygen atoms in total. The molecule has 0 amide bonds. The van der Waals surface area contributed by atoms with Crippen molar-refractivity contribution >= 4 is 6.29 Å². The van der Waals surface area contributed by atoms with Crippen molar-refractivity contribution in [3.63, 3.8) is 0 Å². The Hall–Kier alpha value is -1.18. The normalized spacial score (nSPS) is 18.6. The van der Waals surface area contributed by atoms with E-state index in [9.17, 15) is 9.18 Å². The van der Waals surface area contributed by atoms with Crippen LogP contribution in [0.1, 0.15) is 68.4 Å². The fraction of sp³-hybridized carbons (Fsp3) is 0.562. The van der Waals surface area contributed by atoms with E-state index in [4.69, 9.17) is 0 Å². The van der Waals surface area contributed by atoms with E-state index < -0.39 is 0 Å². The minimum Gasteiger partial charge on any atom is -0.303 e. The molecule has 2 rings (SSSR count). The molecule has 0 spiro atoms. The molecule has 1 saturated carbocycles. The third kappa shape index (κ3) is 2.98. The molecule has 0 aliphatic heterocycles. The second-order valence-electron chi connectivity index (χ2n) is 5.42. The van der Waals surface area contributed by atoms with Gasteiger partial charge < -0.3 is 4.79 Å². The van der Waals surface area contributed by atoms with Crippen molar-refractivity contribution in [3.05, 3.63) is 35.1 Å². The predicted molar refractivity (Wildman–Crippen MR) is 71.3 cm³/mol. The van der Waals surface area contributed by atoms with E-state index in [-0.39, 0.29) is 11.7 Å². The van der Waals surface area contributed by atoms with Crippen molar-refractivity contribution in [2.75, 3.05) is 0 Å². The maximum absolute atomic E-state index is 14.1. The molecule has 0 N–H and O–H groups in total. The summed E-state index contributed by atoms with van der Waals surface area (Å²) in [7, 11) is 0. The van der Waals surface area contributed by atoms with Crippen LogP contribution in [0.4, 0.5) is 4.39 Å². The van der Waals surface area contributed by atoms with Gasteiger partial charge in [0.25, 0.3) is 0 Å². The van der Waals surface area contributed by atoms with Crippen LogP contribution in [0.15, 0.2) is 18.2 Å². The summed E-state index contributed by atoms with van der Waals surface area (Å²) in [4.78, 5) is 10.5. The Morgan fingerprint density at radius 3 is 2.67 bits per heavy atom. The first-order chi connectivity index (χ1) is 8.72. The molecule has 1 atom stereocenters. The Kier molecular flexibility index (Phi) is 4.51. The first kappa shape index (κ1) is 13.3. The van der Waals surface area contributed by atoms with Crippen molar-refractivity contribution in [3.8, 4) is 0 Å². The zero-order valence-electron chi connectivity index (χ0n) is 11.0. The van der Waals surface area contributed by atoms with Gasteiger partial charge in [-0.15, -0.1) is 0 Å². The van der Waals surface area contributed by atoms with Gasteiger partial charge in [-0.05, 0) is 41.9 Å². The van der Waals surface area contributed by atoms with Crippen LogP contribution < -0.4 is 0 Å². The number of halogens is 1. The summed E-state index contributed by atoms with van der Waals surface area (Å²) in [5.41, 5.74) is 1.80. The third-order valence-electron chi connectivity index (χ3n) is 4.09. The maximum atomic E-state index is 14.1. The largest absolute Gasteiger partial charge is 0.303 e. The van der Waals surface area contributed by atoms with Gasteiger partial charge in [0.15, 0.2) is 0 Å². The zero-order chi connectivity index (χ0) is 13.0.